The largest absolute Gasteiger partial charge is 0.331 e. The number of carbonyl (C=O) groups is 1. The number of aromatic nitrogens is 2. The molecule has 0 radical (unpaired) electrons. The van der Waals surface area contributed by atoms with Gasteiger partial charge < -0.3 is 9.88 Å². The van der Waals surface area contributed by atoms with Crippen molar-refractivity contribution in [2.75, 3.05) is 0 Å². The van der Waals surface area contributed by atoms with E-state index in [1.165, 1.54) is 11.8 Å². The average Bonchev–Trinajstić information content (AvgIpc) is 3.24. The predicted octanol–water partition coefficient (Wildman–Crippen LogP) is 6.02. The molecular formula is C23H23ClN4OS. The number of imidazole rings is 1. The van der Waals surface area contributed by atoms with Crippen molar-refractivity contribution in [2.24, 2.45) is 10.4 Å². The number of thioether (sulfide) groups is 1. The normalized spacial score (nSPS) is 17.3. The number of carbonyl (C=O) groups excluding carboxylic acids is 1. The Kier molecular flexibility index (Phi) is 5.71. The number of amides is 1. The highest BCUT2D eigenvalue weighted by Gasteiger charge is 2.24. The smallest absolute Gasteiger partial charge is 0.264 e. The van der Waals surface area contributed by atoms with Crippen molar-refractivity contribution in [3.05, 3.63) is 64.3 Å². The summed E-state index contributed by atoms with van der Waals surface area (Å²) in [6.45, 7) is 7.61. The molecule has 1 saturated heterocycles. The van der Waals surface area contributed by atoms with E-state index in [0.29, 0.717) is 20.8 Å². The number of hydrogen-bond acceptors (Lipinski definition) is 4. The molecule has 0 aliphatic carbocycles. The molecular weight excluding hydrogens is 416 g/mol. The summed E-state index contributed by atoms with van der Waals surface area (Å²) in [5, 5.41) is 3.88. The van der Waals surface area contributed by atoms with Crippen LogP contribution in [0.4, 0.5) is 5.69 Å². The number of benzene rings is 2. The molecule has 30 heavy (non-hydrogen) atoms. The van der Waals surface area contributed by atoms with Crippen LogP contribution in [0.1, 0.15) is 32.8 Å². The molecule has 1 aliphatic heterocycles. The summed E-state index contributed by atoms with van der Waals surface area (Å²) in [4.78, 5) is 22.0. The lowest BCUT2D eigenvalue weighted by Crippen LogP contribution is -2.19. The summed E-state index contributed by atoms with van der Waals surface area (Å²) in [5.74, 6) is -0.160. The number of halogens is 1. The first-order valence-electron chi connectivity index (χ1n) is 9.77. The molecule has 0 atom stereocenters. The van der Waals surface area contributed by atoms with Crippen LogP contribution in [0.2, 0.25) is 5.02 Å². The van der Waals surface area contributed by atoms with Crippen molar-refractivity contribution >= 4 is 57.2 Å². The number of nitrogens with one attached hydrogen (secondary N) is 1. The monoisotopic (exact) mass is 438 g/mol. The van der Waals surface area contributed by atoms with Crippen LogP contribution in [-0.4, -0.2) is 20.6 Å². The fraction of sp³-hybridized carbons (Fsp3) is 0.261. The third-order valence-corrected chi connectivity index (χ3v) is 6.00. The van der Waals surface area contributed by atoms with Gasteiger partial charge >= 0.3 is 0 Å². The number of fused-ring (bicyclic) bond motifs is 1. The Morgan fingerprint density at radius 1 is 1.23 bits per heavy atom. The quantitative estimate of drug-likeness (QED) is 0.507. The second-order valence-electron chi connectivity index (χ2n) is 8.43. The van der Waals surface area contributed by atoms with Crippen LogP contribution in [0.3, 0.4) is 0 Å². The van der Waals surface area contributed by atoms with Gasteiger partial charge in [-0.05, 0) is 59.5 Å². The Bertz CT molecular complexity index is 1170. The van der Waals surface area contributed by atoms with Crippen molar-refractivity contribution in [1.82, 2.24) is 14.9 Å². The van der Waals surface area contributed by atoms with E-state index in [1.54, 1.807) is 6.07 Å². The van der Waals surface area contributed by atoms with E-state index >= 15 is 0 Å². The second-order valence-corrected chi connectivity index (χ2v) is 9.87. The molecule has 7 heteroatoms. The lowest BCUT2D eigenvalue weighted by atomic mass is 9.92. The predicted molar refractivity (Wildman–Crippen MR) is 126 cm³/mol. The van der Waals surface area contributed by atoms with E-state index in [2.05, 4.69) is 46.7 Å². The van der Waals surface area contributed by atoms with Gasteiger partial charge in [0, 0.05) is 6.54 Å². The van der Waals surface area contributed by atoms with E-state index in [4.69, 9.17) is 11.6 Å². The third-order valence-electron chi connectivity index (χ3n) is 4.77. The minimum atomic E-state index is -0.160. The molecule has 1 amide bonds. The van der Waals surface area contributed by atoms with Gasteiger partial charge in [0.15, 0.2) is 5.17 Å². The highest BCUT2D eigenvalue weighted by Crippen LogP contribution is 2.31. The summed E-state index contributed by atoms with van der Waals surface area (Å²) >= 11 is 7.48. The van der Waals surface area contributed by atoms with E-state index in [0.717, 1.165) is 29.6 Å². The molecule has 2 heterocycles. The number of nitrogens with zero attached hydrogens (tertiary/aromatic N) is 3. The lowest BCUT2D eigenvalue weighted by molar-refractivity contribution is -0.115. The maximum absolute atomic E-state index is 12.4. The third kappa shape index (κ3) is 4.77. The molecule has 0 bridgehead atoms. The summed E-state index contributed by atoms with van der Waals surface area (Å²) in [6, 6.07) is 13.4. The van der Waals surface area contributed by atoms with E-state index < -0.39 is 0 Å². The average molecular weight is 439 g/mol. The standard InChI is InChI=1S/C23H23ClN4OS/c1-23(2,3)10-11-28-14-25-18-9-8-15(12-19(18)28)13-20-21(29)27-22(30-20)26-17-7-5-4-6-16(17)24/h4-9,12-14H,10-11H2,1-3H3,(H,26,27,29)/b20-13+. The molecule has 3 aromatic rings. The zero-order valence-corrected chi connectivity index (χ0v) is 18.7. The number of para-hydroxylation sites is 1. The Morgan fingerprint density at radius 3 is 2.80 bits per heavy atom. The van der Waals surface area contributed by atoms with Gasteiger partial charge in [-0.3, -0.25) is 4.79 Å². The van der Waals surface area contributed by atoms with Gasteiger partial charge in [0.2, 0.25) is 0 Å². The first-order valence-corrected chi connectivity index (χ1v) is 11.0. The molecule has 1 aliphatic rings. The van der Waals surface area contributed by atoms with Gasteiger partial charge in [-0.25, -0.2) is 9.98 Å². The van der Waals surface area contributed by atoms with Gasteiger partial charge in [0.05, 0.1) is 33.0 Å². The van der Waals surface area contributed by atoms with Crippen LogP contribution in [0.25, 0.3) is 17.1 Å². The highest BCUT2D eigenvalue weighted by molar-refractivity contribution is 8.18. The molecule has 2 aromatic carbocycles. The summed E-state index contributed by atoms with van der Waals surface area (Å²) in [7, 11) is 0. The van der Waals surface area contributed by atoms with Crippen LogP contribution in [0, 0.1) is 5.41 Å². The van der Waals surface area contributed by atoms with Crippen LogP contribution in [0.5, 0.6) is 0 Å². The minimum Gasteiger partial charge on any atom is -0.331 e. The molecule has 1 fully saturated rings. The van der Waals surface area contributed by atoms with E-state index in [1.807, 2.05) is 42.7 Å². The van der Waals surface area contributed by atoms with E-state index in [-0.39, 0.29) is 11.3 Å². The van der Waals surface area contributed by atoms with Gasteiger partial charge in [-0.15, -0.1) is 0 Å². The van der Waals surface area contributed by atoms with Crippen LogP contribution >= 0.6 is 23.4 Å². The summed E-state index contributed by atoms with van der Waals surface area (Å²) in [6.07, 6.45) is 4.83. The van der Waals surface area contributed by atoms with Gasteiger partial charge in [0.25, 0.3) is 5.91 Å². The zero-order chi connectivity index (χ0) is 21.3. The zero-order valence-electron chi connectivity index (χ0n) is 17.1. The fourth-order valence-electron chi connectivity index (χ4n) is 3.08. The molecule has 0 spiro atoms. The van der Waals surface area contributed by atoms with Crippen molar-refractivity contribution < 1.29 is 4.79 Å². The Hall–Kier alpha value is -2.57. The summed E-state index contributed by atoms with van der Waals surface area (Å²) < 4.78 is 2.18. The maximum Gasteiger partial charge on any atom is 0.264 e. The molecule has 1 N–H and O–H groups in total. The fourth-order valence-corrected chi connectivity index (χ4v) is 4.09. The molecule has 5 nitrogen and oxygen atoms in total. The second kappa shape index (κ2) is 8.28. The Morgan fingerprint density at radius 2 is 2.03 bits per heavy atom. The van der Waals surface area contributed by atoms with E-state index in [9.17, 15) is 4.79 Å². The minimum absolute atomic E-state index is 0.160. The molecule has 1 aromatic heterocycles. The molecule has 0 saturated carbocycles. The highest BCUT2D eigenvalue weighted by atomic mass is 35.5. The number of amidine groups is 1. The molecule has 4 rings (SSSR count). The first kappa shape index (κ1) is 20.7. The van der Waals surface area contributed by atoms with Crippen molar-refractivity contribution in [2.45, 2.75) is 33.7 Å². The molecule has 154 valence electrons. The maximum atomic E-state index is 12.4. The van der Waals surface area contributed by atoms with Gasteiger partial charge in [0.1, 0.15) is 0 Å². The van der Waals surface area contributed by atoms with Crippen molar-refractivity contribution in [3.63, 3.8) is 0 Å². The van der Waals surface area contributed by atoms with Gasteiger partial charge in [-0.1, -0.05) is 50.6 Å². The number of rotatable bonds is 4. The van der Waals surface area contributed by atoms with Crippen LogP contribution in [-0.2, 0) is 11.3 Å². The van der Waals surface area contributed by atoms with Gasteiger partial charge in [-0.2, -0.15) is 0 Å². The van der Waals surface area contributed by atoms with Crippen LogP contribution in [0.15, 0.2) is 58.7 Å². The van der Waals surface area contributed by atoms with Crippen molar-refractivity contribution in [1.29, 1.82) is 0 Å². The topological polar surface area (TPSA) is 59.3 Å². The Labute approximate surface area is 185 Å². The number of aliphatic imine (C=N–C) groups is 1. The Balaban J connectivity index is 1.58. The van der Waals surface area contributed by atoms with Crippen LogP contribution < -0.4 is 5.32 Å². The summed E-state index contributed by atoms with van der Waals surface area (Å²) in [5.41, 5.74) is 3.87. The first-order chi connectivity index (χ1) is 14.3. The lowest BCUT2D eigenvalue weighted by Gasteiger charge is -2.18. The van der Waals surface area contributed by atoms with Crippen molar-refractivity contribution in [3.8, 4) is 0 Å². The SMILES string of the molecule is CC(C)(C)CCn1cnc2ccc(/C=C3/SC(=Nc4ccccc4Cl)NC3=O)cc21. The number of aryl methyl sites for hydroxylation is 1. The molecule has 0 unspecified atom stereocenters. The number of hydrogen-bond donors (Lipinski definition) is 1.